The van der Waals surface area contributed by atoms with Gasteiger partial charge >= 0.3 is 5.97 Å². The Hall–Kier alpha value is -2.18. The van der Waals surface area contributed by atoms with E-state index in [1.54, 1.807) is 11.8 Å². The number of aliphatic carboxylic acids is 1. The Morgan fingerprint density at radius 3 is 2.83 bits per heavy atom. The fourth-order valence-electron chi connectivity index (χ4n) is 1.77. The van der Waals surface area contributed by atoms with Crippen molar-refractivity contribution in [1.29, 1.82) is 0 Å². The Morgan fingerprint density at radius 1 is 1.50 bits per heavy atom. The van der Waals surface area contributed by atoms with Crippen molar-refractivity contribution < 1.29 is 14.4 Å². The van der Waals surface area contributed by atoms with Crippen molar-refractivity contribution >= 4 is 22.9 Å². The van der Waals surface area contributed by atoms with E-state index >= 15 is 0 Å². The van der Waals surface area contributed by atoms with Crippen LogP contribution in [0.15, 0.2) is 10.9 Å². The number of aryl methyl sites for hydroxylation is 1. The lowest BCUT2D eigenvalue weighted by Gasteiger charge is -2.26. The quantitative estimate of drug-likeness (QED) is 0.872. The second kappa shape index (κ2) is 4.59. The van der Waals surface area contributed by atoms with Crippen LogP contribution in [-0.4, -0.2) is 38.8 Å². The van der Waals surface area contributed by atoms with Gasteiger partial charge < -0.3 is 14.5 Å². The highest BCUT2D eigenvalue weighted by atomic mass is 16.5. The molecule has 0 atom stereocenters. The van der Waals surface area contributed by atoms with Gasteiger partial charge in [-0.2, -0.15) is 4.98 Å². The van der Waals surface area contributed by atoms with E-state index in [-0.39, 0.29) is 12.6 Å². The summed E-state index contributed by atoms with van der Waals surface area (Å²) in [5.74, 6) is -0.374. The molecule has 7 heteroatoms. The maximum atomic E-state index is 10.9. The van der Waals surface area contributed by atoms with Crippen LogP contribution in [-0.2, 0) is 4.79 Å². The number of fused-ring (bicyclic) bond motifs is 1. The minimum atomic E-state index is -0.912. The Labute approximate surface area is 103 Å². The van der Waals surface area contributed by atoms with Gasteiger partial charge in [0.2, 0.25) is 0 Å². The fraction of sp³-hybridized carbons (Fsp3) is 0.455. The van der Waals surface area contributed by atoms with E-state index < -0.39 is 5.97 Å². The lowest BCUT2D eigenvalue weighted by atomic mass is 10.2. The molecular weight excluding hydrogens is 236 g/mol. The predicted molar refractivity (Wildman–Crippen MR) is 64.5 cm³/mol. The second-order valence-electron chi connectivity index (χ2n) is 4.26. The van der Waals surface area contributed by atoms with E-state index in [1.807, 2.05) is 13.8 Å². The Morgan fingerprint density at radius 2 is 2.22 bits per heavy atom. The maximum absolute atomic E-state index is 10.9. The van der Waals surface area contributed by atoms with Gasteiger partial charge in [-0.05, 0) is 20.8 Å². The molecule has 18 heavy (non-hydrogen) atoms. The monoisotopic (exact) mass is 250 g/mol. The molecule has 1 N–H and O–H groups in total. The molecule has 0 unspecified atom stereocenters. The largest absolute Gasteiger partial charge is 0.480 e. The van der Waals surface area contributed by atoms with Crippen molar-refractivity contribution in [2.45, 2.75) is 26.8 Å². The molecule has 0 aliphatic heterocycles. The number of anilines is 1. The van der Waals surface area contributed by atoms with Gasteiger partial charge in [0.05, 0.1) is 5.69 Å². The van der Waals surface area contributed by atoms with Crippen LogP contribution in [0.2, 0.25) is 0 Å². The smallest absolute Gasteiger partial charge is 0.323 e. The van der Waals surface area contributed by atoms with Crippen LogP contribution < -0.4 is 4.90 Å². The highest BCUT2D eigenvalue weighted by molar-refractivity contribution is 5.89. The number of carboxylic acids is 1. The van der Waals surface area contributed by atoms with Gasteiger partial charge in [-0.15, -0.1) is 0 Å². The van der Waals surface area contributed by atoms with Crippen LogP contribution in [0.1, 0.15) is 19.5 Å². The lowest BCUT2D eigenvalue weighted by molar-refractivity contribution is -0.135. The number of nitrogens with zero attached hydrogens (tertiary/aromatic N) is 4. The summed E-state index contributed by atoms with van der Waals surface area (Å²) < 4.78 is 5.05. The molecule has 0 saturated heterocycles. The van der Waals surface area contributed by atoms with Crippen molar-refractivity contribution in [2.75, 3.05) is 11.4 Å². The minimum absolute atomic E-state index is 0.00602. The third kappa shape index (κ3) is 2.11. The number of hydrogen-bond donors (Lipinski definition) is 1. The van der Waals surface area contributed by atoms with E-state index in [1.165, 1.54) is 6.33 Å². The number of carboxylic acid groups (broad SMARTS) is 1. The topological polar surface area (TPSA) is 92.4 Å². The molecule has 2 heterocycles. The second-order valence-corrected chi connectivity index (χ2v) is 4.26. The van der Waals surface area contributed by atoms with Crippen molar-refractivity contribution in [3.05, 3.63) is 12.0 Å². The van der Waals surface area contributed by atoms with Crippen LogP contribution in [0.5, 0.6) is 0 Å². The average Bonchev–Trinajstić information content (AvgIpc) is 2.68. The van der Waals surface area contributed by atoms with Gasteiger partial charge in [0.25, 0.3) is 5.71 Å². The first kappa shape index (κ1) is 12.3. The Bertz CT molecular complexity index is 579. The van der Waals surface area contributed by atoms with Gasteiger partial charge in [-0.3, -0.25) is 4.79 Å². The molecule has 2 aromatic heterocycles. The number of aromatic nitrogens is 3. The molecule has 0 bridgehead atoms. The van der Waals surface area contributed by atoms with Gasteiger partial charge in [0.15, 0.2) is 0 Å². The van der Waals surface area contributed by atoms with Crippen molar-refractivity contribution in [3.63, 3.8) is 0 Å². The summed E-state index contributed by atoms with van der Waals surface area (Å²) in [6, 6.07) is -0.00602. The van der Waals surface area contributed by atoms with Crippen LogP contribution in [0.25, 0.3) is 11.1 Å². The molecule has 2 aromatic rings. The molecule has 0 aliphatic rings. The molecule has 0 aromatic carbocycles. The van der Waals surface area contributed by atoms with Crippen LogP contribution >= 0.6 is 0 Å². The SMILES string of the molecule is Cc1noc2ncnc(N(CC(=O)O)C(C)C)c12. The van der Waals surface area contributed by atoms with Crippen LogP contribution in [0.3, 0.4) is 0 Å². The van der Waals surface area contributed by atoms with Crippen LogP contribution in [0, 0.1) is 6.92 Å². The van der Waals surface area contributed by atoms with E-state index in [9.17, 15) is 4.79 Å². The first-order chi connectivity index (χ1) is 8.50. The zero-order chi connectivity index (χ0) is 13.3. The average molecular weight is 250 g/mol. The van der Waals surface area contributed by atoms with E-state index in [2.05, 4.69) is 15.1 Å². The van der Waals surface area contributed by atoms with E-state index in [4.69, 9.17) is 9.63 Å². The summed E-state index contributed by atoms with van der Waals surface area (Å²) in [6.45, 7) is 5.45. The zero-order valence-corrected chi connectivity index (χ0v) is 10.4. The fourth-order valence-corrected chi connectivity index (χ4v) is 1.77. The molecule has 7 nitrogen and oxygen atoms in total. The van der Waals surface area contributed by atoms with Gasteiger partial charge in [-0.25, -0.2) is 4.98 Å². The summed E-state index contributed by atoms with van der Waals surface area (Å²) in [7, 11) is 0. The van der Waals surface area contributed by atoms with Gasteiger partial charge in [-0.1, -0.05) is 5.16 Å². The minimum Gasteiger partial charge on any atom is -0.480 e. The van der Waals surface area contributed by atoms with Crippen molar-refractivity contribution in [1.82, 2.24) is 15.1 Å². The molecular formula is C11H14N4O3. The first-order valence-corrected chi connectivity index (χ1v) is 5.56. The number of rotatable bonds is 4. The van der Waals surface area contributed by atoms with Crippen molar-refractivity contribution in [2.24, 2.45) is 0 Å². The van der Waals surface area contributed by atoms with Gasteiger partial charge in [0, 0.05) is 6.04 Å². The highest BCUT2D eigenvalue weighted by Crippen LogP contribution is 2.26. The molecule has 0 aliphatic carbocycles. The Balaban J connectivity index is 2.56. The first-order valence-electron chi connectivity index (χ1n) is 5.56. The molecule has 0 spiro atoms. The standard InChI is InChI=1S/C11H14N4O3/c1-6(2)15(4-8(16)17)10-9-7(3)14-18-11(9)13-5-12-10/h5-6H,4H2,1-3H3,(H,16,17). The van der Waals surface area contributed by atoms with E-state index in [0.29, 0.717) is 22.6 Å². The molecule has 0 radical (unpaired) electrons. The zero-order valence-electron chi connectivity index (χ0n) is 10.4. The normalized spacial score (nSPS) is 11.1. The number of hydrogen-bond acceptors (Lipinski definition) is 6. The van der Waals surface area contributed by atoms with Crippen LogP contribution in [0.4, 0.5) is 5.82 Å². The number of carbonyl (C=O) groups is 1. The van der Waals surface area contributed by atoms with E-state index in [0.717, 1.165) is 0 Å². The maximum Gasteiger partial charge on any atom is 0.323 e. The third-order valence-corrected chi connectivity index (χ3v) is 2.62. The van der Waals surface area contributed by atoms with Gasteiger partial charge in [0.1, 0.15) is 24.1 Å². The summed E-state index contributed by atoms with van der Waals surface area (Å²) in [4.78, 5) is 20.7. The summed E-state index contributed by atoms with van der Waals surface area (Å²) in [6.07, 6.45) is 1.35. The molecule has 96 valence electrons. The summed E-state index contributed by atoms with van der Waals surface area (Å²) >= 11 is 0. The van der Waals surface area contributed by atoms with Crippen molar-refractivity contribution in [3.8, 4) is 0 Å². The summed E-state index contributed by atoms with van der Waals surface area (Å²) in [5, 5.41) is 13.4. The lowest BCUT2D eigenvalue weighted by Crippen LogP contribution is -2.36. The Kier molecular flexibility index (Phi) is 3.14. The molecule has 0 amide bonds. The highest BCUT2D eigenvalue weighted by Gasteiger charge is 2.21. The third-order valence-electron chi connectivity index (χ3n) is 2.62. The predicted octanol–water partition coefficient (Wildman–Crippen LogP) is 1.23. The molecule has 2 rings (SSSR count). The molecule has 0 saturated carbocycles. The molecule has 0 fully saturated rings. The summed E-state index contributed by atoms with van der Waals surface area (Å²) in [5.41, 5.74) is 1.02.